The van der Waals surface area contributed by atoms with Crippen LogP contribution < -0.4 is 15.1 Å². The van der Waals surface area contributed by atoms with E-state index in [-0.39, 0.29) is 0 Å². The molecule has 176 valence electrons. The number of fused-ring (bicyclic) bond motifs is 1. The molecule has 0 fully saturated rings. The van der Waals surface area contributed by atoms with Gasteiger partial charge in [-0.25, -0.2) is 9.78 Å². The second-order valence-electron chi connectivity index (χ2n) is 7.88. The maximum atomic E-state index is 12.5. The first-order chi connectivity index (χ1) is 17.6. The van der Waals surface area contributed by atoms with E-state index in [0.29, 0.717) is 45.5 Å². The van der Waals surface area contributed by atoms with Crippen LogP contribution in [0.25, 0.3) is 33.9 Å². The fourth-order valence-corrected chi connectivity index (χ4v) is 4.49. The van der Waals surface area contributed by atoms with Crippen LogP contribution in [0.5, 0.6) is 11.5 Å². The minimum absolute atomic E-state index is 0.356. The predicted molar refractivity (Wildman–Crippen MR) is 141 cm³/mol. The molecule has 0 radical (unpaired) electrons. The third-order valence-electron chi connectivity index (χ3n) is 5.51. The SMILES string of the molecule is COc1ccc(C=C(C#N)c2nc(-c3cc4ccccc4oc3=O)cs2)cc1OCc1ccccc1. The molecule has 7 heteroatoms. The van der Waals surface area contributed by atoms with Crippen LogP contribution in [0.15, 0.2) is 93.5 Å². The number of aromatic nitrogens is 1. The van der Waals surface area contributed by atoms with Gasteiger partial charge in [0.2, 0.25) is 0 Å². The standard InChI is InChI=1S/C29H20N2O4S/c1-33-26-12-11-20(14-27(26)34-17-19-7-3-2-4-8-19)13-22(16-30)28-31-24(18-36-28)23-15-21-9-5-6-10-25(21)35-29(23)32/h2-15,18H,17H2,1H3. The van der Waals surface area contributed by atoms with Crippen molar-refractivity contribution in [3.8, 4) is 28.8 Å². The molecule has 0 aliphatic rings. The zero-order chi connectivity index (χ0) is 24.9. The average molecular weight is 493 g/mol. The summed E-state index contributed by atoms with van der Waals surface area (Å²) >= 11 is 1.29. The normalized spacial score (nSPS) is 11.3. The van der Waals surface area contributed by atoms with E-state index in [2.05, 4.69) is 11.1 Å². The molecule has 2 aromatic heterocycles. The molecule has 5 aromatic rings. The Kier molecular flexibility index (Phi) is 6.61. The van der Waals surface area contributed by atoms with Crippen LogP contribution in [0.2, 0.25) is 0 Å². The van der Waals surface area contributed by atoms with Crippen molar-refractivity contribution in [2.24, 2.45) is 0 Å². The van der Waals surface area contributed by atoms with Crippen molar-refractivity contribution in [2.45, 2.75) is 6.61 Å². The minimum Gasteiger partial charge on any atom is -0.493 e. The van der Waals surface area contributed by atoms with Gasteiger partial charge in [-0.05, 0) is 41.5 Å². The highest BCUT2D eigenvalue weighted by molar-refractivity contribution is 7.11. The lowest BCUT2D eigenvalue weighted by Crippen LogP contribution is -2.02. The van der Waals surface area contributed by atoms with Gasteiger partial charge >= 0.3 is 5.63 Å². The molecule has 0 unspecified atom stereocenters. The van der Waals surface area contributed by atoms with E-state index in [1.165, 1.54) is 11.3 Å². The van der Waals surface area contributed by atoms with Gasteiger partial charge in [-0.15, -0.1) is 11.3 Å². The van der Waals surface area contributed by atoms with Crippen LogP contribution in [0, 0.1) is 11.3 Å². The third kappa shape index (κ3) is 4.90. The van der Waals surface area contributed by atoms with Gasteiger partial charge in [-0.2, -0.15) is 5.26 Å². The summed E-state index contributed by atoms with van der Waals surface area (Å²) in [4.78, 5) is 17.1. The highest BCUT2D eigenvalue weighted by Crippen LogP contribution is 2.32. The van der Waals surface area contributed by atoms with Gasteiger partial charge < -0.3 is 13.9 Å². The smallest absolute Gasteiger partial charge is 0.345 e. The summed E-state index contributed by atoms with van der Waals surface area (Å²) in [5.74, 6) is 1.17. The molecule has 0 spiro atoms. The van der Waals surface area contributed by atoms with E-state index in [9.17, 15) is 10.1 Å². The molecule has 0 amide bonds. The molecule has 0 N–H and O–H groups in total. The molecule has 3 aromatic carbocycles. The Morgan fingerprint density at radius 3 is 2.67 bits per heavy atom. The second kappa shape index (κ2) is 10.3. The van der Waals surface area contributed by atoms with Crippen LogP contribution in [-0.4, -0.2) is 12.1 Å². The Bertz CT molecular complexity index is 1660. The van der Waals surface area contributed by atoms with Crippen LogP contribution >= 0.6 is 11.3 Å². The van der Waals surface area contributed by atoms with Gasteiger partial charge in [0.15, 0.2) is 11.5 Å². The predicted octanol–water partition coefficient (Wildman–Crippen LogP) is 6.57. The molecule has 5 rings (SSSR count). The number of benzene rings is 3. The van der Waals surface area contributed by atoms with Crippen molar-refractivity contribution in [1.29, 1.82) is 5.26 Å². The molecule has 0 bridgehead atoms. The number of rotatable bonds is 7. The summed E-state index contributed by atoms with van der Waals surface area (Å²) in [5, 5.41) is 12.9. The van der Waals surface area contributed by atoms with Crippen LogP contribution in [-0.2, 0) is 6.61 Å². The van der Waals surface area contributed by atoms with Crippen LogP contribution in [0.1, 0.15) is 16.1 Å². The number of nitrogens with zero attached hydrogens (tertiary/aromatic N) is 2. The fraction of sp³-hybridized carbons (Fsp3) is 0.0690. The quantitative estimate of drug-likeness (QED) is 0.189. The maximum absolute atomic E-state index is 12.5. The zero-order valence-electron chi connectivity index (χ0n) is 19.3. The van der Waals surface area contributed by atoms with E-state index in [4.69, 9.17) is 13.9 Å². The topological polar surface area (TPSA) is 85.4 Å². The molecule has 6 nitrogen and oxygen atoms in total. The third-order valence-corrected chi connectivity index (χ3v) is 6.38. The zero-order valence-corrected chi connectivity index (χ0v) is 20.1. The van der Waals surface area contributed by atoms with Crippen LogP contribution in [0.4, 0.5) is 0 Å². The first-order valence-corrected chi connectivity index (χ1v) is 12.0. The Balaban J connectivity index is 1.44. The van der Waals surface area contributed by atoms with E-state index in [0.717, 1.165) is 16.5 Å². The van der Waals surface area contributed by atoms with Crippen molar-refractivity contribution >= 4 is 34.0 Å². The number of ether oxygens (including phenoxy) is 2. The minimum atomic E-state index is -0.469. The molecule has 2 heterocycles. The van der Waals surface area contributed by atoms with Gasteiger partial charge in [0.05, 0.1) is 23.9 Å². The summed E-state index contributed by atoms with van der Waals surface area (Å²) in [5.41, 5.74) is 3.04. The summed E-state index contributed by atoms with van der Waals surface area (Å²) in [6, 6.07) is 26.6. The summed E-state index contributed by atoms with van der Waals surface area (Å²) in [7, 11) is 1.58. The molecular weight excluding hydrogens is 472 g/mol. The molecule has 0 atom stereocenters. The number of hydrogen-bond donors (Lipinski definition) is 0. The maximum Gasteiger partial charge on any atom is 0.345 e. The van der Waals surface area contributed by atoms with Gasteiger partial charge in [0.25, 0.3) is 0 Å². The average Bonchev–Trinajstić information content (AvgIpc) is 3.40. The number of allylic oxidation sites excluding steroid dienone is 1. The summed E-state index contributed by atoms with van der Waals surface area (Å²) in [6.45, 7) is 0.389. The van der Waals surface area contributed by atoms with Gasteiger partial charge in [0.1, 0.15) is 23.3 Å². The highest BCUT2D eigenvalue weighted by atomic mass is 32.1. The molecular formula is C29H20N2O4S. The number of nitriles is 1. The van der Waals surface area contributed by atoms with E-state index < -0.39 is 5.63 Å². The van der Waals surface area contributed by atoms with E-state index in [1.807, 2.05) is 60.7 Å². The number of hydrogen-bond acceptors (Lipinski definition) is 7. The fourth-order valence-electron chi connectivity index (χ4n) is 3.70. The van der Waals surface area contributed by atoms with Crippen molar-refractivity contribution in [3.63, 3.8) is 0 Å². The van der Waals surface area contributed by atoms with Crippen molar-refractivity contribution < 1.29 is 13.9 Å². The summed E-state index contributed by atoms with van der Waals surface area (Å²) < 4.78 is 16.9. The second-order valence-corrected chi connectivity index (χ2v) is 8.74. The summed E-state index contributed by atoms with van der Waals surface area (Å²) in [6.07, 6.45) is 1.74. The Labute approximate surface area is 211 Å². The first kappa shape index (κ1) is 23.1. The highest BCUT2D eigenvalue weighted by Gasteiger charge is 2.14. The van der Waals surface area contributed by atoms with Crippen molar-refractivity contribution in [3.05, 3.63) is 111 Å². The van der Waals surface area contributed by atoms with E-state index >= 15 is 0 Å². The Hall–Kier alpha value is -4.67. The van der Waals surface area contributed by atoms with Crippen molar-refractivity contribution in [2.75, 3.05) is 7.11 Å². The van der Waals surface area contributed by atoms with Gasteiger partial charge in [0, 0.05) is 10.8 Å². The Morgan fingerprint density at radius 2 is 1.86 bits per heavy atom. The lowest BCUT2D eigenvalue weighted by atomic mass is 10.1. The lowest BCUT2D eigenvalue weighted by molar-refractivity contribution is 0.284. The first-order valence-electron chi connectivity index (χ1n) is 11.1. The lowest BCUT2D eigenvalue weighted by Gasteiger charge is -2.11. The van der Waals surface area contributed by atoms with E-state index in [1.54, 1.807) is 36.8 Å². The largest absolute Gasteiger partial charge is 0.493 e. The number of para-hydroxylation sites is 1. The monoisotopic (exact) mass is 492 g/mol. The van der Waals surface area contributed by atoms with Crippen LogP contribution in [0.3, 0.4) is 0 Å². The van der Waals surface area contributed by atoms with Gasteiger partial charge in [-0.1, -0.05) is 54.6 Å². The molecule has 36 heavy (non-hydrogen) atoms. The number of methoxy groups -OCH3 is 1. The molecule has 0 saturated heterocycles. The Morgan fingerprint density at radius 1 is 1.06 bits per heavy atom. The number of thiazole rings is 1. The molecule has 0 aliphatic carbocycles. The van der Waals surface area contributed by atoms with Crippen molar-refractivity contribution in [1.82, 2.24) is 4.98 Å². The molecule has 0 saturated carbocycles. The van der Waals surface area contributed by atoms with Gasteiger partial charge in [-0.3, -0.25) is 0 Å². The molecule has 0 aliphatic heterocycles.